The molecule has 0 radical (unpaired) electrons. The maximum Gasteiger partial charge on any atom is 0.227 e. The minimum absolute atomic E-state index is 0.108. The van der Waals surface area contributed by atoms with E-state index in [2.05, 4.69) is 11.5 Å². The van der Waals surface area contributed by atoms with Gasteiger partial charge in [-0.05, 0) is 42.7 Å². The third-order valence-corrected chi connectivity index (χ3v) is 5.43. The van der Waals surface area contributed by atoms with Crippen LogP contribution in [0, 0.1) is 11.6 Å². The molecule has 176 valence electrons. The molecule has 1 saturated heterocycles. The van der Waals surface area contributed by atoms with E-state index in [1.54, 1.807) is 32.2 Å². The van der Waals surface area contributed by atoms with Gasteiger partial charge in [-0.3, -0.25) is 9.69 Å². The highest BCUT2D eigenvalue weighted by Crippen LogP contribution is 2.19. The standard InChI is InChI=1S/C24H32F2N2O4/c1-4-21(32-12-11-29)8-5-17(2)23(16-28-10-9-20(30)15-28)27(3)24(31)13-18-6-7-19(25)14-22(18)26/h4-8,14,20,23,29-30H,2,9-13,15-16H2,1,3H3/b8-5-,21-4+/t20-,23+/m0/s1. The number of aliphatic hydroxyl groups is 2. The topological polar surface area (TPSA) is 73.2 Å². The second kappa shape index (κ2) is 12.5. The van der Waals surface area contributed by atoms with Crippen LogP contribution in [0.4, 0.5) is 8.78 Å². The van der Waals surface area contributed by atoms with E-state index >= 15 is 0 Å². The van der Waals surface area contributed by atoms with E-state index in [4.69, 9.17) is 9.84 Å². The van der Waals surface area contributed by atoms with Crippen LogP contribution in [0.3, 0.4) is 0 Å². The first-order valence-corrected chi connectivity index (χ1v) is 10.6. The van der Waals surface area contributed by atoms with Crippen molar-refractivity contribution in [1.82, 2.24) is 9.80 Å². The summed E-state index contributed by atoms with van der Waals surface area (Å²) in [5.41, 5.74) is 0.752. The fourth-order valence-electron chi connectivity index (χ4n) is 3.53. The summed E-state index contributed by atoms with van der Waals surface area (Å²) < 4.78 is 32.6. The minimum Gasteiger partial charge on any atom is -0.492 e. The predicted octanol–water partition coefficient (Wildman–Crippen LogP) is 2.43. The van der Waals surface area contributed by atoms with Gasteiger partial charge in [0.1, 0.15) is 24.0 Å². The third-order valence-electron chi connectivity index (χ3n) is 5.43. The number of aliphatic hydroxyl groups excluding tert-OH is 2. The lowest BCUT2D eigenvalue weighted by Gasteiger charge is -2.32. The molecule has 0 unspecified atom stereocenters. The zero-order chi connectivity index (χ0) is 23.7. The fraction of sp³-hybridized carbons (Fsp3) is 0.458. The number of halogens is 2. The van der Waals surface area contributed by atoms with Crippen molar-refractivity contribution in [3.63, 3.8) is 0 Å². The molecule has 1 aliphatic heterocycles. The van der Waals surface area contributed by atoms with Crippen LogP contribution in [-0.4, -0.2) is 78.0 Å². The summed E-state index contributed by atoms with van der Waals surface area (Å²) in [6.07, 6.45) is 5.24. The van der Waals surface area contributed by atoms with Crippen LogP contribution in [0.2, 0.25) is 0 Å². The third kappa shape index (κ3) is 7.55. The number of likely N-dealkylation sites (tertiary alicyclic amines) is 1. The first kappa shape index (κ1) is 25.7. The summed E-state index contributed by atoms with van der Waals surface area (Å²) in [6.45, 7) is 7.62. The lowest BCUT2D eigenvalue weighted by atomic mass is 10.0. The second-order valence-corrected chi connectivity index (χ2v) is 7.81. The van der Waals surface area contributed by atoms with E-state index in [1.165, 1.54) is 11.0 Å². The van der Waals surface area contributed by atoms with Crippen molar-refractivity contribution in [3.05, 3.63) is 71.5 Å². The van der Waals surface area contributed by atoms with E-state index in [0.717, 1.165) is 12.1 Å². The Morgan fingerprint density at radius 1 is 1.41 bits per heavy atom. The quantitative estimate of drug-likeness (QED) is 0.400. The second-order valence-electron chi connectivity index (χ2n) is 7.81. The Morgan fingerprint density at radius 2 is 2.16 bits per heavy atom. The predicted molar refractivity (Wildman–Crippen MR) is 119 cm³/mol. The molecule has 1 aliphatic rings. The summed E-state index contributed by atoms with van der Waals surface area (Å²) in [5.74, 6) is -1.24. The number of carbonyl (C=O) groups excluding carboxylic acids is 1. The smallest absolute Gasteiger partial charge is 0.227 e. The van der Waals surface area contributed by atoms with E-state index in [0.29, 0.717) is 37.4 Å². The number of nitrogens with zero attached hydrogens (tertiary/aromatic N) is 2. The molecule has 32 heavy (non-hydrogen) atoms. The number of ether oxygens (including phenoxy) is 1. The highest BCUT2D eigenvalue weighted by molar-refractivity contribution is 5.79. The van der Waals surface area contributed by atoms with Gasteiger partial charge in [-0.2, -0.15) is 0 Å². The molecule has 0 bridgehead atoms. The molecule has 0 spiro atoms. The lowest BCUT2D eigenvalue weighted by Crippen LogP contribution is -2.46. The van der Waals surface area contributed by atoms with Crippen molar-refractivity contribution < 1.29 is 28.5 Å². The summed E-state index contributed by atoms with van der Waals surface area (Å²) in [5, 5.41) is 18.8. The first-order chi connectivity index (χ1) is 15.2. The molecule has 1 heterocycles. The van der Waals surface area contributed by atoms with Gasteiger partial charge in [0.2, 0.25) is 5.91 Å². The Labute approximate surface area is 188 Å². The van der Waals surface area contributed by atoms with Crippen LogP contribution in [0.15, 0.2) is 54.3 Å². The summed E-state index contributed by atoms with van der Waals surface area (Å²) in [4.78, 5) is 16.5. The Bertz CT molecular complexity index is 856. The molecule has 2 rings (SSSR count). The van der Waals surface area contributed by atoms with Gasteiger partial charge < -0.3 is 19.8 Å². The molecular formula is C24H32F2N2O4. The lowest BCUT2D eigenvalue weighted by molar-refractivity contribution is -0.130. The number of hydrogen-bond acceptors (Lipinski definition) is 5. The minimum atomic E-state index is -0.761. The van der Waals surface area contributed by atoms with Gasteiger partial charge in [0, 0.05) is 32.7 Å². The van der Waals surface area contributed by atoms with Crippen molar-refractivity contribution in [2.24, 2.45) is 0 Å². The fourth-order valence-corrected chi connectivity index (χ4v) is 3.53. The Morgan fingerprint density at radius 3 is 2.75 bits per heavy atom. The van der Waals surface area contributed by atoms with Crippen molar-refractivity contribution in [2.75, 3.05) is 39.9 Å². The summed E-state index contributed by atoms with van der Waals surface area (Å²) in [7, 11) is 1.62. The molecule has 2 atom stereocenters. The number of benzene rings is 1. The molecule has 0 aliphatic carbocycles. The average Bonchev–Trinajstić information content (AvgIpc) is 3.18. The van der Waals surface area contributed by atoms with Crippen molar-refractivity contribution in [3.8, 4) is 0 Å². The highest BCUT2D eigenvalue weighted by atomic mass is 19.1. The molecule has 2 N–H and O–H groups in total. The molecule has 0 saturated carbocycles. The van der Waals surface area contributed by atoms with Crippen molar-refractivity contribution in [2.45, 2.75) is 31.9 Å². The van der Waals surface area contributed by atoms with Crippen LogP contribution in [0.25, 0.3) is 0 Å². The maximum absolute atomic E-state index is 14.0. The van der Waals surface area contributed by atoms with Crippen molar-refractivity contribution >= 4 is 5.91 Å². The molecule has 1 fully saturated rings. The SMILES string of the molecule is C=C(/C=C\C(=C/C)OCCO)[C@@H](CN1CC[C@H](O)C1)N(C)C(=O)Cc1ccc(F)cc1F. The van der Waals surface area contributed by atoms with Gasteiger partial charge in [0.05, 0.1) is 25.2 Å². The number of likely N-dealkylation sites (N-methyl/N-ethyl adjacent to an activating group) is 1. The van der Waals surface area contributed by atoms with Gasteiger partial charge in [-0.25, -0.2) is 8.78 Å². The van der Waals surface area contributed by atoms with Crippen LogP contribution in [0.5, 0.6) is 0 Å². The highest BCUT2D eigenvalue weighted by Gasteiger charge is 2.28. The number of hydrogen-bond donors (Lipinski definition) is 2. The monoisotopic (exact) mass is 450 g/mol. The van der Waals surface area contributed by atoms with Gasteiger partial charge in [0.25, 0.3) is 0 Å². The molecule has 0 aromatic heterocycles. The van der Waals surface area contributed by atoms with E-state index in [1.807, 2.05) is 0 Å². The van der Waals surface area contributed by atoms with E-state index < -0.39 is 23.8 Å². The molecule has 6 nitrogen and oxygen atoms in total. The zero-order valence-corrected chi connectivity index (χ0v) is 18.6. The molecule has 1 aromatic rings. The normalized spacial score (nSPS) is 18.2. The summed E-state index contributed by atoms with van der Waals surface area (Å²) >= 11 is 0. The molecular weight excluding hydrogens is 418 g/mol. The maximum atomic E-state index is 14.0. The number of rotatable bonds is 11. The van der Waals surface area contributed by atoms with Crippen molar-refractivity contribution in [1.29, 1.82) is 0 Å². The van der Waals surface area contributed by atoms with Gasteiger partial charge in [-0.15, -0.1) is 0 Å². The largest absolute Gasteiger partial charge is 0.492 e. The van der Waals surface area contributed by atoms with E-state index in [-0.39, 0.29) is 31.1 Å². The summed E-state index contributed by atoms with van der Waals surface area (Å²) in [6, 6.07) is 2.73. The van der Waals surface area contributed by atoms with Crippen LogP contribution >= 0.6 is 0 Å². The Kier molecular flexibility index (Phi) is 10.0. The van der Waals surface area contributed by atoms with E-state index in [9.17, 15) is 18.7 Å². The first-order valence-electron chi connectivity index (χ1n) is 10.6. The van der Waals surface area contributed by atoms with Crippen LogP contribution in [-0.2, 0) is 16.0 Å². The Hall–Kier alpha value is -2.55. The van der Waals surface area contributed by atoms with Gasteiger partial charge in [0.15, 0.2) is 0 Å². The van der Waals surface area contributed by atoms with Crippen LogP contribution in [0.1, 0.15) is 18.9 Å². The Balaban J connectivity index is 2.16. The number of β-amino-alcohol motifs (C(OH)–C–C–N with tert-alkyl or cyclic N) is 1. The number of amides is 1. The van der Waals surface area contributed by atoms with Gasteiger partial charge in [-0.1, -0.05) is 18.7 Å². The molecule has 1 aromatic carbocycles. The van der Waals surface area contributed by atoms with Gasteiger partial charge >= 0.3 is 0 Å². The zero-order valence-electron chi connectivity index (χ0n) is 18.6. The number of allylic oxidation sites excluding steroid dienone is 2. The average molecular weight is 451 g/mol. The molecule has 1 amide bonds. The van der Waals surface area contributed by atoms with Crippen LogP contribution < -0.4 is 0 Å². The number of carbonyl (C=O) groups is 1. The molecule has 8 heteroatoms.